The van der Waals surface area contributed by atoms with Gasteiger partial charge in [0, 0.05) is 17.3 Å². The Hall–Kier alpha value is -2.14. The van der Waals surface area contributed by atoms with Gasteiger partial charge in [-0.15, -0.1) is 0 Å². The molecule has 0 saturated heterocycles. The predicted molar refractivity (Wildman–Crippen MR) is 75.6 cm³/mol. The SMILES string of the molecule is CCNc1cnc(C(=O)Nc2ccc(Cl)cc2)cn1. The molecule has 0 spiro atoms. The number of halogens is 1. The average Bonchev–Trinajstić information content (AvgIpc) is 2.42. The van der Waals surface area contributed by atoms with Crippen molar-refractivity contribution in [3.63, 3.8) is 0 Å². The molecule has 1 heterocycles. The van der Waals surface area contributed by atoms with Crippen molar-refractivity contribution in [3.8, 4) is 0 Å². The summed E-state index contributed by atoms with van der Waals surface area (Å²) in [5.41, 5.74) is 0.920. The van der Waals surface area contributed by atoms with E-state index >= 15 is 0 Å². The van der Waals surface area contributed by atoms with E-state index in [1.54, 1.807) is 24.3 Å². The van der Waals surface area contributed by atoms with Gasteiger partial charge in [-0.2, -0.15) is 0 Å². The predicted octanol–water partition coefficient (Wildman–Crippen LogP) is 2.81. The molecular formula is C13H13ClN4O. The lowest BCUT2D eigenvalue weighted by atomic mass is 10.3. The molecule has 0 aliphatic carbocycles. The number of benzene rings is 1. The molecule has 1 aromatic carbocycles. The Morgan fingerprint density at radius 1 is 1.21 bits per heavy atom. The van der Waals surface area contributed by atoms with Crippen LogP contribution in [0.5, 0.6) is 0 Å². The standard InChI is InChI=1S/C13H13ClN4O/c1-2-15-12-8-16-11(7-17-12)13(19)18-10-5-3-9(14)4-6-10/h3-8H,2H2,1H3,(H,15,17)(H,18,19). The van der Waals surface area contributed by atoms with Gasteiger partial charge in [0.05, 0.1) is 12.4 Å². The number of carbonyl (C=O) groups excluding carboxylic acids is 1. The van der Waals surface area contributed by atoms with Gasteiger partial charge in [-0.1, -0.05) is 11.6 Å². The lowest BCUT2D eigenvalue weighted by Gasteiger charge is -2.05. The first kappa shape index (κ1) is 13.3. The van der Waals surface area contributed by atoms with Crippen molar-refractivity contribution in [2.24, 2.45) is 0 Å². The molecule has 2 aromatic rings. The number of rotatable bonds is 4. The first-order chi connectivity index (χ1) is 9.19. The van der Waals surface area contributed by atoms with E-state index in [2.05, 4.69) is 20.6 Å². The van der Waals surface area contributed by atoms with Gasteiger partial charge < -0.3 is 10.6 Å². The number of carbonyl (C=O) groups is 1. The van der Waals surface area contributed by atoms with Crippen LogP contribution in [0, 0.1) is 0 Å². The highest BCUT2D eigenvalue weighted by atomic mass is 35.5. The lowest BCUT2D eigenvalue weighted by molar-refractivity contribution is 0.102. The summed E-state index contributed by atoms with van der Waals surface area (Å²) in [6, 6.07) is 6.86. The minimum Gasteiger partial charge on any atom is -0.369 e. The van der Waals surface area contributed by atoms with Gasteiger partial charge in [0.1, 0.15) is 11.5 Å². The monoisotopic (exact) mass is 276 g/mol. The van der Waals surface area contributed by atoms with Gasteiger partial charge in [0.2, 0.25) is 0 Å². The average molecular weight is 277 g/mol. The minimum absolute atomic E-state index is 0.261. The quantitative estimate of drug-likeness (QED) is 0.901. The zero-order valence-corrected chi connectivity index (χ0v) is 11.1. The van der Waals surface area contributed by atoms with Crippen molar-refractivity contribution in [3.05, 3.63) is 47.4 Å². The topological polar surface area (TPSA) is 66.9 Å². The summed E-state index contributed by atoms with van der Waals surface area (Å²) in [6.45, 7) is 2.72. The maximum Gasteiger partial charge on any atom is 0.275 e. The lowest BCUT2D eigenvalue weighted by Crippen LogP contribution is -2.14. The molecule has 0 aliphatic rings. The van der Waals surface area contributed by atoms with Crippen LogP contribution in [0.25, 0.3) is 0 Å². The van der Waals surface area contributed by atoms with E-state index in [1.807, 2.05) is 6.92 Å². The fourth-order valence-corrected chi connectivity index (χ4v) is 1.57. The highest BCUT2D eigenvalue weighted by Crippen LogP contribution is 2.14. The summed E-state index contributed by atoms with van der Waals surface area (Å²) in [5, 5.41) is 6.34. The largest absolute Gasteiger partial charge is 0.369 e. The third-order valence-corrected chi connectivity index (χ3v) is 2.60. The van der Waals surface area contributed by atoms with Gasteiger partial charge in [-0.05, 0) is 31.2 Å². The van der Waals surface area contributed by atoms with Crippen LogP contribution >= 0.6 is 11.6 Å². The Kier molecular flexibility index (Phi) is 4.30. The molecule has 2 N–H and O–H groups in total. The first-order valence-corrected chi connectivity index (χ1v) is 6.19. The van der Waals surface area contributed by atoms with Gasteiger partial charge >= 0.3 is 0 Å². The van der Waals surface area contributed by atoms with E-state index in [0.717, 1.165) is 6.54 Å². The summed E-state index contributed by atoms with van der Waals surface area (Å²) in [6.07, 6.45) is 2.96. The summed E-state index contributed by atoms with van der Waals surface area (Å²) >= 11 is 5.77. The minimum atomic E-state index is -0.308. The third kappa shape index (κ3) is 3.66. The van der Waals surface area contributed by atoms with E-state index in [1.165, 1.54) is 12.4 Å². The van der Waals surface area contributed by atoms with E-state index in [0.29, 0.717) is 16.5 Å². The van der Waals surface area contributed by atoms with Crippen molar-refractivity contribution in [1.82, 2.24) is 9.97 Å². The second kappa shape index (κ2) is 6.15. The molecule has 6 heteroatoms. The van der Waals surface area contributed by atoms with Crippen LogP contribution in [0.2, 0.25) is 5.02 Å². The molecule has 0 aliphatic heterocycles. The van der Waals surface area contributed by atoms with Crippen molar-refractivity contribution in [2.75, 3.05) is 17.2 Å². The van der Waals surface area contributed by atoms with Crippen molar-refractivity contribution in [2.45, 2.75) is 6.92 Å². The van der Waals surface area contributed by atoms with Gasteiger partial charge in [-0.25, -0.2) is 9.97 Å². The molecule has 1 amide bonds. The zero-order chi connectivity index (χ0) is 13.7. The zero-order valence-electron chi connectivity index (χ0n) is 10.4. The molecule has 0 radical (unpaired) electrons. The Morgan fingerprint density at radius 2 is 1.95 bits per heavy atom. The van der Waals surface area contributed by atoms with E-state index in [9.17, 15) is 4.79 Å². The van der Waals surface area contributed by atoms with Crippen LogP contribution in [-0.4, -0.2) is 22.4 Å². The highest BCUT2D eigenvalue weighted by molar-refractivity contribution is 6.30. The Morgan fingerprint density at radius 3 is 2.53 bits per heavy atom. The first-order valence-electron chi connectivity index (χ1n) is 5.82. The number of nitrogens with zero attached hydrogens (tertiary/aromatic N) is 2. The maximum absolute atomic E-state index is 11.9. The fourth-order valence-electron chi connectivity index (χ4n) is 1.45. The molecule has 2 rings (SSSR count). The molecule has 1 aromatic heterocycles. The second-order valence-corrected chi connectivity index (χ2v) is 4.21. The van der Waals surface area contributed by atoms with Crippen molar-refractivity contribution in [1.29, 1.82) is 0 Å². The molecular weight excluding hydrogens is 264 g/mol. The fraction of sp³-hybridized carbons (Fsp3) is 0.154. The molecule has 0 bridgehead atoms. The summed E-state index contributed by atoms with van der Waals surface area (Å²) in [5.74, 6) is 0.336. The Balaban J connectivity index is 2.05. The van der Waals surface area contributed by atoms with Crippen molar-refractivity contribution < 1.29 is 4.79 Å². The summed E-state index contributed by atoms with van der Waals surface area (Å²) in [7, 11) is 0. The molecule has 0 fully saturated rings. The molecule has 19 heavy (non-hydrogen) atoms. The number of hydrogen-bond acceptors (Lipinski definition) is 4. The summed E-state index contributed by atoms with van der Waals surface area (Å²) < 4.78 is 0. The maximum atomic E-state index is 11.9. The number of nitrogens with one attached hydrogen (secondary N) is 2. The van der Waals surface area contributed by atoms with Crippen LogP contribution in [-0.2, 0) is 0 Å². The molecule has 0 unspecified atom stereocenters. The van der Waals surface area contributed by atoms with E-state index < -0.39 is 0 Å². The Labute approximate surface area is 116 Å². The number of anilines is 2. The smallest absolute Gasteiger partial charge is 0.275 e. The van der Waals surface area contributed by atoms with Crippen LogP contribution in [0.1, 0.15) is 17.4 Å². The Bertz CT molecular complexity index is 554. The van der Waals surface area contributed by atoms with E-state index in [4.69, 9.17) is 11.6 Å². The molecule has 0 saturated carbocycles. The van der Waals surface area contributed by atoms with Gasteiger partial charge in [-0.3, -0.25) is 4.79 Å². The molecule has 5 nitrogen and oxygen atoms in total. The summed E-state index contributed by atoms with van der Waals surface area (Å²) in [4.78, 5) is 20.0. The van der Waals surface area contributed by atoms with Crippen LogP contribution < -0.4 is 10.6 Å². The third-order valence-electron chi connectivity index (χ3n) is 2.34. The normalized spacial score (nSPS) is 10.0. The van der Waals surface area contributed by atoms with Crippen LogP contribution in [0.4, 0.5) is 11.5 Å². The highest BCUT2D eigenvalue weighted by Gasteiger charge is 2.08. The van der Waals surface area contributed by atoms with Crippen molar-refractivity contribution >= 4 is 29.0 Å². The number of aromatic nitrogens is 2. The number of amides is 1. The van der Waals surface area contributed by atoms with Crippen LogP contribution in [0.15, 0.2) is 36.7 Å². The molecule has 98 valence electrons. The van der Waals surface area contributed by atoms with E-state index in [-0.39, 0.29) is 11.6 Å². The number of hydrogen-bond donors (Lipinski definition) is 2. The molecule has 0 atom stereocenters. The van der Waals surface area contributed by atoms with Gasteiger partial charge in [0.15, 0.2) is 0 Å². The van der Waals surface area contributed by atoms with Gasteiger partial charge in [0.25, 0.3) is 5.91 Å². The van der Waals surface area contributed by atoms with Crippen LogP contribution in [0.3, 0.4) is 0 Å². The second-order valence-electron chi connectivity index (χ2n) is 3.78.